The summed E-state index contributed by atoms with van der Waals surface area (Å²) in [6.07, 6.45) is 3.06. The summed E-state index contributed by atoms with van der Waals surface area (Å²) in [4.78, 5) is 0. The average molecular weight is 260 g/mol. The van der Waals surface area contributed by atoms with Crippen LogP contribution in [0.2, 0.25) is 0 Å². The number of rotatable bonds is 5. The lowest BCUT2D eigenvalue weighted by Crippen LogP contribution is -2.11. The molecule has 0 radical (unpaired) electrons. The van der Waals surface area contributed by atoms with E-state index in [1.807, 2.05) is 17.9 Å². The second-order valence-electron chi connectivity index (χ2n) is 3.73. The molecule has 1 heterocycles. The molecule has 0 aromatic carbocycles. The summed E-state index contributed by atoms with van der Waals surface area (Å²) in [5, 5.41) is 7.48. The molecule has 0 unspecified atom stereocenters. The van der Waals surface area contributed by atoms with Crippen molar-refractivity contribution in [3.63, 3.8) is 0 Å². The van der Waals surface area contributed by atoms with Gasteiger partial charge in [-0.3, -0.25) is 4.68 Å². The van der Waals surface area contributed by atoms with Crippen LogP contribution in [0.25, 0.3) is 0 Å². The zero-order chi connectivity index (χ0) is 10.6. The second-order valence-corrected chi connectivity index (χ2v) is 4.48. The largest absolute Gasteiger partial charge is 0.320 e. The van der Waals surface area contributed by atoms with Crippen molar-refractivity contribution in [3.8, 4) is 0 Å². The minimum Gasteiger partial charge on any atom is -0.320 e. The molecule has 0 atom stereocenters. The first-order chi connectivity index (χ1) is 6.66. The third-order valence-electron chi connectivity index (χ3n) is 2.22. The fourth-order valence-corrected chi connectivity index (χ4v) is 2.16. The van der Waals surface area contributed by atoms with Crippen molar-refractivity contribution in [1.82, 2.24) is 15.1 Å². The molecule has 0 bridgehead atoms. The van der Waals surface area contributed by atoms with Crippen molar-refractivity contribution >= 4 is 15.9 Å². The van der Waals surface area contributed by atoms with Crippen LogP contribution in [0.1, 0.15) is 31.7 Å². The van der Waals surface area contributed by atoms with Crippen molar-refractivity contribution in [1.29, 1.82) is 0 Å². The molecule has 0 aliphatic rings. The van der Waals surface area contributed by atoms with E-state index in [1.165, 1.54) is 5.56 Å². The van der Waals surface area contributed by atoms with E-state index in [0.29, 0.717) is 5.92 Å². The quantitative estimate of drug-likeness (QED) is 0.824. The maximum absolute atomic E-state index is 4.35. The lowest BCUT2D eigenvalue weighted by Gasteiger charge is -2.05. The summed E-state index contributed by atoms with van der Waals surface area (Å²) in [5.74, 6) is 0.530. The number of hydrogen-bond acceptors (Lipinski definition) is 2. The number of nitrogens with zero attached hydrogens (tertiary/aromatic N) is 2. The van der Waals surface area contributed by atoms with Gasteiger partial charge in [0.05, 0.1) is 6.20 Å². The van der Waals surface area contributed by atoms with Crippen LogP contribution in [0.15, 0.2) is 10.8 Å². The Kier molecular flexibility index (Phi) is 4.62. The van der Waals surface area contributed by atoms with Gasteiger partial charge >= 0.3 is 0 Å². The summed E-state index contributed by atoms with van der Waals surface area (Å²) in [6.45, 7) is 6.36. The molecule has 0 amide bonds. The van der Waals surface area contributed by atoms with Crippen LogP contribution >= 0.6 is 15.9 Å². The van der Waals surface area contributed by atoms with Gasteiger partial charge in [-0.25, -0.2) is 0 Å². The number of aromatic nitrogens is 2. The van der Waals surface area contributed by atoms with Crippen LogP contribution in [0.4, 0.5) is 0 Å². The molecule has 0 saturated carbocycles. The van der Waals surface area contributed by atoms with Crippen LogP contribution in [0.3, 0.4) is 0 Å². The normalized spacial score (nSPS) is 11.2. The lowest BCUT2D eigenvalue weighted by molar-refractivity contribution is 0.552. The van der Waals surface area contributed by atoms with Crippen molar-refractivity contribution in [2.24, 2.45) is 0 Å². The standard InChI is InChI=1S/C10H18BrN3/c1-8(2)9-7-13-14(10(9)11)6-4-5-12-3/h7-8,12H,4-6H2,1-3H3. The zero-order valence-electron chi connectivity index (χ0n) is 9.05. The molecule has 1 rings (SSSR count). The molecular weight excluding hydrogens is 242 g/mol. The van der Waals surface area contributed by atoms with Gasteiger partial charge < -0.3 is 5.32 Å². The molecule has 14 heavy (non-hydrogen) atoms. The van der Waals surface area contributed by atoms with Crippen molar-refractivity contribution in [2.45, 2.75) is 32.7 Å². The first-order valence-corrected chi connectivity index (χ1v) is 5.82. The van der Waals surface area contributed by atoms with E-state index in [-0.39, 0.29) is 0 Å². The Morgan fingerprint density at radius 2 is 2.29 bits per heavy atom. The predicted octanol–water partition coefficient (Wildman–Crippen LogP) is 2.38. The van der Waals surface area contributed by atoms with Crippen molar-refractivity contribution in [2.75, 3.05) is 13.6 Å². The SMILES string of the molecule is CNCCCn1ncc(C(C)C)c1Br. The number of nitrogens with one attached hydrogen (secondary N) is 1. The van der Waals surface area contributed by atoms with Crippen LogP contribution in [-0.4, -0.2) is 23.4 Å². The Morgan fingerprint density at radius 3 is 2.79 bits per heavy atom. The van der Waals surface area contributed by atoms with Crippen LogP contribution in [0, 0.1) is 0 Å². The van der Waals surface area contributed by atoms with Crippen molar-refractivity contribution < 1.29 is 0 Å². The highest BCUT2D eigenvalue weighted by Gasteiger charge is 2.10. The Balaban J connectivity index is 2.60. The first kappa shape index (κ1) is 11.7. The van der Waals surface area contributed by atoms with Crippen LogP contribution < -0.4 is 5.32 Å². The number of hydrogen-bond donors (Lipinski definition) is 1. The lowest BCUT2D eigenvalue weighted by atomic mass is 10.1. The minimum absolute atomic E-state index is 0.530. The predicted molar refractivity (Wildman–Crippen MR) is 62.6 cm³/mol. The van der Waals surface area contributed by atoms with E-state index >= 15 is 0 Å². The van der Waals surface area contributed by atoms with E-state index in [2.05, 4.69) is 40.2 Å². The van der Waals surface area contributed by atoms with Gasteiger partial charge in [-0.2, -0.15) is 5.10 Å². The Bertz CT molecular complexity index is 281. The molecule has 0 aliphatic carbocycles. The Morgan fingerprint density at radius 1 is 1.57 bits per heavy atom. The maximum Gasteiger partial charge on any atom is 0.107 e. The minimum atomic E-state index is 0.530. The monoisotopic (exact) mass is 259 g/mol. The number of aryl methyl sites for hydroxylation is 1. The van der Waals surface area contributed by atoms with Crippen LogP contribution in [0.5, 0.6) is 0 Å². The number of halogens is 1. The zero-order valence-corrected chi connectivity index (χ0v) is 10.6. The molecule has 4 heteroatoms. The van der Waals surface area contributed by atoms with Gasteiger partial charge in [-0.05, 0) is 41.9 Å². The van der Waals surface area contributed by atoms with Crippen molar-refractivity contribution in [3.05, 3.63) is 16.4 Å². The van der Waals surface area contributed by atoms with E-state index < -0.39 is 0 Å². The van der Waals surface area contributed by atoms with Crippen LogP contribution in [-0.2, 0) is 6.54 Å². The summed E-state index contributed by atoms with van der Waals surface area (Å²) >= 11 is 3.58. The Hall–Kier alpha value is -0.350. The second kappa shape index (κ2) is 5.51. The molecule has 1 N–H and O–H groups in total. The van der Waals surface area contributed by atoms with E-state index in [0.717, 1.165) is 24.1 Å². The summed E-state index contributed by atoms with van der Waals surface area (Å²) < 4.78 is 3.15. The van der Waals surface area contributed by atoms with Gasteiger partial charge in [0.15, 0.2) is 0 Å². The summed E-state index contributed by atoms with van der Waals surface area (Å²) in [5.41, 5.74) is 1.29. The smallest absolute Gasteiger partial charge is 0.107 e. The summed E-state index contributed by atoms with van der Waals surface area (Å²) in [7, 11) is 1.97. The van der Waals surface area contributed by atoms with Gasteiger partial charge in [-0.1, -0.05) is 13.8 Å². The van der Waals surface area contributed by atoms with Gasteiger partial charge in [0.25, 0.3) is 0 Å². The molecule has 0 aliphatic heterocycles. The topological polar surface area (TPSA) is 29.9 Å². The highest BCUT2D eigenvalue weighted by molar-refractivity contribution is 9.10. The fourth-order valence-electron chi connectivity index (χ4n) is 1.33. The molecular formula is C10H18BrN3. The molecule has 0 spiro atoms. The summed E-state index contributed by atoms with van der Waals surface area (Å²) in [6, 6.07) is 0. The molecule has 3 nitrogen and oxygen atoms in total. The van der Waals surface area contributed by atoms with Gasteiger partial charge in [0.2, 0.25) is 0 Å². The first-order valence-electron chi connectivity index (χ1n) is 5.02. The molecule has 1 aromatic heterocycles. The molecule has 0 fully saturated rings. The Labute approximate surface area is 94.0 Å². The average Bonchev–Trinajstić information content (AvgIpc) is 2.48. The third kappa shape index (κ3) is 2.82. The van der Waals surface area contributed by atoms with Gasteiger partial charge in [0, 0.05) is 12.1 Å². The highest BCUT2D eigenvalue weighted by atomic mass is 79.9. The molecule has 80 valence electrons. The fraction of sp³-hybridized carbons (Fsp3) is 0.700. The maximum atomic E-state index is 4.35. The van der Waals surface area contributed by atoms with Gasteiger partial charge in [0.1, 0.15) is 4.60 Å². The van der Waals surface area contributed by atoms with Gasteiger partial charge in [-0.15, -0.1) is 0 Å². The third-order valence-corrected chi connectivity index (χ3v) is 3.09. The van der Waals surface area contributed by atoms with E-state index in [1.54, 1.807) is 0 Å². The highest BCUT2D eigenvalue weighted by Crippen LogP contribution is 2.24. The van der Waals surface area contributed by atoms with E-state index in [9.17, 15) is 0 Å². The molecule has 0 saturated heterocycles. The van der Waals surface area contributed by atoms with E-state index in [4.69, 9.17) is 0 Å². The molecule has 1 aromatic rings.